The first-order valence-electron chi connectivity index (χ1n) is 8.07. The first-order chi connectivity index (χ1) is 11.5. The molecule has 0 aromatic heterocycles. The lowest BCUT2D eigenvalue weighted by atomic mass is 9.87. The number of rotatable bonds is 2. The number of halogens is 2. The van der Waals surface area contributed by atoms with E-state index in [-0.39, 0.29) is 18.7 Å². The van der Waals surface area contributed by atoms with Gasteiger partial charge in [-0.05, 0) is 38.5 Å². The molecule has 138 valence electrons. The molecule has 1 heterocycles. The molecule has 0 spiro atoms. The van der Waals surface area contributed by atoms with Gasteiger partial charge in [-0.25, -0.2) is 18.4 Å². The molecule has 1 aromatic rings. The fourth-order valence-electron chi connectivity index (χ4n) is 2.71. The van der Waals surface area contributed by atoms with Gasteiger partial charge in [0, 0.05) is 19.5 Å². The maximum atomic E-state index is 14.4. The number of hydrogen-bond donors (Lipinski definition) is 0. The zero-order valence-electron chi connectivity index (χ0n) is 14.8. The SMILES string of the molecule is COC(=O)c1ccc([C@@H]2CN(C(=O)OC(C)(C)C)CCC2(F)F)cc1. The first-order valence-corrected chi connectivity index (χ1v) is 8.07. The van der Waals surface area contributed by atoms with E-state index in [0.717, 1.165) is 0 Å². The van der Waals surface area contributed by atoms with Crippen LogP contribution in [0.15, 0.2) is 24.3 Å². The summed E-state index contributed by atoms with van der Waals surface area (Å²) in [4.78, 5) is 25.0. The molecule has 1 atom stereocenters. The van der Waals surface area contributed by atoms with Gasteiger partial charge in [0.15, 0.2) is 0 Å². The van der Waals surface area contributed by atoms with Crippen LogP contribution in [0.1, 0.15) is 49.0 Å². The quantitative estimate of drug-likeness (QED) is 0.757. The highest BCUT2D eigenvalue weighted by Gasteiger charge is 2.46. The smallest absolute Gasteiger partial charge is 0.410 e. The lowest BCUT2D eigenvalue weighted by Gasteiger charge is -2.39. The Labute approximate surface area is 145 Å². The van der Waals surface area contributed by atoms with Crippen molar-refractivity contribution in [2.75, 3.05) is 20.2 Å². The van der Waals surface area contributed by atoms with E-state index < -0.39 is 35.9 Å². The second-order valence-electron chi connectivity index (χ2n) is 7.10. The zero-order valence-corrected chi connectivity index (χ0v) is 14.8. The number of carbonyl (C=O) groups excluding carboxylic acids is 2. The van der Waals surface area contributed by atoms with E-state index in [1.807, 2.05) is 0 Å². The fourth-order valence-corrected chi connectivity index (χ4v) is 2.71. The van der Waals surface area contributed by atoms with Crippen molar-refractivity contribution >= 4 is 12.1 Å². The molecular formula is C18H23F2NO4. The largest absolute Gasteiger partial charge is 0.465 e. The van der Waals surface area contributed by atoms with Crippen molar-refractivity contribution in [3.63, 3.8) is 0 Å². The van der Waals surface area contributed by atoms with Crippen LogP contribution in [-0.4, -0.2) is 48.7 Å². The molecule has 1 aromatic carbocycles. The number of likely N-dealkylation sites (tertiary alicyclic amines) is 1. The molecule has 0 unspecified atom stereocenters. The number of amides is 1. The highest BCUT2D eigenvalue weighted by molar-refractivity contribution is 5.89. The molecule has 1 aliphatic heterocycles. The number of methoxy groups -OCH3 is 1. The van der Waals surface area contributed by atoms with Gasteiger partial charge in [0.2, 0.25) is 0 Å². The van der Waals surface area contributed by atoms with Crippen molar-refractivity contribution in [1.29, 1.82) is 0 Å². The molecule has 2 rings (SSSR count). The van der Waals surface area contributed by atoms with E-state index in [4.69, 9.17) is 4.74 Å². The van der Waals surface area contributed by atoms with Gasteiger partial charge in [0.25, 0.3) is 5.92 Å². The van der Waals surface area contributed by atoms with Crippen LogP contribution in [0.2, 0.25) is 0 Å². The Morgan fingerprint density at radius 1 is 1.20 bits per heavy atom. The van der Waals surface area contributed by atoms with E-state index in [2.05, 4.69) is 4.74 Å². The molecule has 25 heavy (non-hydrogen) atoms. The molecule has 0 aliphatic carbocycles. The maximum Gasteiger partial charge on any atom is 0.410 e. The minimum atomic E-state index is -2.94. The van der Waals surface area contributed by atoms with Crippen molar-refractivity contribution in [2.45, 2.75) is 44.6 Å². The van der Waals surface area contributed by atoms with Crippen LogP contribution in [-0.2, 0) is 9.47 Å². The minimum absolute atomic E-state index is 0.0569. The summed E-state index contributed by atoms with van der Waals surface area (Å²) < 4.78 is 38.6. The molecule has 1 amide bonds. The Morgan fingerprint density at radius 3 is 2.32 bits per heavy atom. The number of nitrogens with zero attached hydrogens (tertiary/aromatic N) is 1. The summed E-state index contributed by atoms with van der Waals surface area (Å²) in [5.41, 5.74) is -0.0328. The number of piperidine rings is 1. The predicted molar refractivity (Wildman–Crippen MR) is 87.9 cm³/mol. The van der Waals surface area contributed by atoms with Gasteiger partial charge in [-0.1, -0.05) is 12.1 Å². The van der Waals surface area contributed by atoms with Crippen LogP contribution in [0.3, 0.4) is 0 Å². The predicted octanol–water partition coefficient (Wildman–Crippen LogP) is 3.83. The van der Waals surface area contributed by atoms with Crippen LogP contribution in [0.25, 0.3) is 0 Å². The molecule has 0 radical (unpaired) electrons. The summed E-state index contributed by atoms with van der Waals surface area (Å²) in [7, 11) is 1.25. The number of esters is 1. The normalized spacial score (nSPS) is 20.1. The van der Waals surface area contributed by atoms with Crippen LogP contribution in [0, 0.1) is 0 Å². The van der Waals surface area contributed by atoms with Gasteiger partial charge < -0.3 is 14.4 Å². The first kappa shape index (κ1) is 19.1. The molecule has 1 aliphatic rings. The summed E-state index contributed by atoms with van der Waals surface area (Å²) in [6.07, 6.45) is -1.03. The van der Waals surface area contributed by atoms with Crippen molar-refractivity contribution in [3.8, 4) is 0 Å². The fraction of sp³-hybridized carbons (Fsp3) is 0.556. The topological polar surface area (TPSA) is 55.8 Å². The average molecular weight is 355 g/mol. The Morgan fingerprint density at radius 2 is 1.80 bits per heavy atom. The number of alkyl halides is 2. The Kier molecular flexibility index (Phi) is 5.34. The second kappa shape index (κ2) is 6.98. The van der Waals surface area contributed by atoms with E-state index >= 15 is 0 Å². The van der Waals surface area contributed by atoms with Crippen LogP contribution in [0.5, 0.6) is 0 Å². The highest BCUT2D eigenvalue weighted by atomic mass is 19.3. The molecule has 0 saturated carbocycles. The van der Waals surface area contributed by atoms with Crippen molar-refractivity contribution in [2.24, 2.45) is 0 Å². The lowest BCUT2D eigenvalue weighted by Crippen LogP contribution is -2.49. The summed E-state index contributed by atoms with van der Waals surface area (Å²) in [5.74, 6) is -4.62. The number of benzene rings is 1. The van der Waals surface area contributed by atoms with E-state index in [1.165, 1.54) is 36.3 Å². The van der Waals surface area contributed by atoms with Gasteiger partial charge in [-0.2, -0.15) is 0 Å². The minimum Gasteiger partial charge on any atom is -0.465 e. The monoisotopic (exact) mass is 355 g/mol. The maximum absolute atomic E-state index is 14.4. The van der Waals surface area contributed by atoms with Crippen molar-refractivity contribution < 1.29 is 27.8 Å². The van der Waals surface area contributed by atoms with Crippen molar-refractivity contribution in [1.82, 2.24) is 4.90 Å². The van der Waals surface area contributed by atoms with Crippen LogP contribution >= 0.6 is 0 Å². The van der Waals surface area contributed by atoms with Gasteiger partial charge >= 0.3 is 12.1 Å². The second-order valence-corrected chi connectivity index (χ2v) is 7.10. The van der Waals surface area contributed by atoms with Crippen LogP contribution in [0.4, 0.5) is 13.6 Å². The standard InChI is InChI=1S/C18H23F2NO4/c1-17(2,3)25-16(23)21-10-9-18(19,20)14(11-21)12-5-7-13(8-6-12)15(22)24-4/h5-8,14H,9-11H2,1-4H3/t14-/m0/s1. The third kappa shape index (κ3) is 4.67. The summed E-state index contributed by atoms with van der Waals surface area (Å²) in [6, 6.07) is 5.85. The number of ether oxygens (including phenoxy) is 2. The van der Waals surface area contributed by atoms with E-state index in [9.17, 15) is 18.4 Å². The molecule has 7 heteroatoms. The molecule has 1 saturated heterocycles. The van der Waals surface area contributed by atoms with Crippen molar-refractivity contribution in [3.05, 3.63) is 35.4 Å². The van der Waals surface area contributed by atoms with E-state index in [1.54, 1.807) is 20.8 Å². The van der Waals surface area contributed by atoms with Crippen LogP contribution < -0.4 is 0 Å². The van der Waals surface area contributed by atoms with Gasteiger partial charge in [-0.3, -0.25) is 0 Å². The van der Waals surface area contributed by atoms with Gasteiger partial charge in [-0.15, -0.1) is 0 Å². The Balaban J connectivity index is 2.19. The third-order valence-corrected chi connectivity index (χ3v) is 4.01. The molecule has 5 nitrogen and oxygen atoms in total. The Bertz CT molecular complexity index is 637. The molecular weight excluding hydrogens is 332 g/mol. The third-order valence-electron chi connectivity index (χ3n) is 4.01. The molecule has 0 N–H and O–H groups in total. The zero-order chi connectivity index (χ0) is 18.8. The summed E-state index contributed by atoms with van der Waals surface area (Å²) in [6.45, 7) is 4.99. The van der Waals surface area contributed by atoms with E-state index in [0.29, 0.717) is 5.56 Å². The lowest BCUT2D eigenvalue weighted by molar-refractivity contribution is -0.0770. The Hall–Kier alpha value is -2.18. The highest BCUT2D eigenvalue weighted by Crippen LogP contribution is 2.40. The average Bonchev–Trinajstić information content (AvgIpc) is 2.52. The number of carbonyl (C=O) groups is 2. The molecule has 0 bridgehead atoms. The van der Waals surface area contributed by atoms with Gasteiger partial charge in [0.05, 0.1) is 18.6 Å². The molecule has 1 fully saturated rings. The van der Waals surface area contributed by atoms with Gasteiger partial charge in [0.1, 0.15) is 5.60 Å². The summed E-state index contributed by atoms with van der Waals surface area (Å²) >= 11 is 0. The number of hydrogen-bond acceptors (Lipinski definition) is 4. The summed E-state index contributed by atoms with van der Waals surface area (Å²) in [5, 5.41) is 0.